The monoisotopic (exact) mass is 313 g/mol. The Morgan fingerprint density at radius 2 is 2.29 bits per heavy atom. The average molecular weight is 313 g/mol. The Morgan fingerprint density at radius 3 is 3.14 bits per heavy atom. The van der Waals surface area contributed by atoms with Crippen LogP contribution >= 0.6 is 22.7 Å². The summed E-state index contributed by atoms with van der Waals surface area (Å²) in [6.07, 6.45) is 2.45. The molecular formula is C14H11N5S2. The minimum atomic E-state index is 0.633. The van der Waals surface area contributed by atoms with E-state index in [2.05, 4.69) is 20.9 Å². The number of thiophene rings is 2. The molecule has 3 aromatic rings. The molecule has 4 rings (SSSR count). The SMILES string of the molecule is N#Cc1c(N)sc2c1CCN(c1ncnc3ccsc13)C2. The molecule has 0 unspecified atom stereocenters. The Hall–Kier alpha value is -2.17. The van der Waals surface area contributed by atoms with Gasteiger partial charge in [0.25, 0.3) is 0 Å². The van der Waals surface area contributed by atoms with Crippen LogP contribution in [0.4, 0.5) is 10.8 Å². The van der Waals surface area contributed by atoms with Crippen molar-refractivity contribution >= 4 is 43.7 Å². The van der Waals surface area contributed by atoms with E-state index in [0.29, 0.717) is 10.6 Å². The van der Waals surface area contributed by atoms with E-state index in [1.165, 1.54) is 16.2 Å². The van der Waals surface area contributed by atoms with Gasteiger partial charge in [-0.25, -0.2) is 9.97 Å². The molecule has 4 heterocycles. The van der Waals surface area contributed by atoms with Gasteiger partial charge in [0.05, 0.1) is 22.3 Å². The van der Waals surface area contributed by atoms with Crippen molar-refractivity contribution in [2.75, 3.05) is 17.2 Å². The third kappa shape index (κ3) is 1.87. The Morgan fingerprint density at radius 1 is 1.38 bits per heavy atom. The molecule has 0 aromatic carbocycles. The van der Waals surface area contributed by atoms with Gasteiger partial charge >= 0.3 is 0 Å². The number of nitriles is 1. The smallest absolute Gasteiger partial charge is 0.150 e. The first-order valence-electron chi connectivity index (χ1n) is 6.51. The highest BCUT2D eigenvalue weighted by Crippen LogP contribution is 2.37. The van der Waals surface area contributed by atoms with Gasteiger partial charge in [0.1, 0.15) is 23.2 Å². The highest BCUT2D eigenvalue weighted by atomic mass is 32.1. The second-order valence-corrected chi connectivity index (χ2v) is 6.91. The van der Waals surface area contributed by atoms with Crippen LogP contribution in [0.3, 0.4) is 0 Å². The van der Waals surface area contributed by atoms with Gasteiger partial charge in [0.2, 0.25) is 0 Å². The van der Waals surface area contributed by atoms with Crippen molar-refractivity contribution in [2.45, 2.75) is 13.0 Å². The summed E-state index contributed by atoms with van der Waals surface area (Å²) >= 11 is 3.18. The van der Waals surface area contributed by atoms with Crippen molar-refractivity contribution in [3.63, 3.8) is 0 Å². The standard InChI is InChI=1S/C14H11N5S2/c15-5-9-8-1-3-19(6-11(8)21-13(9)16)14-12-10(2-4-20-12)17-7-18-14/h2,4,7H,1,3,6,16H2. The van der Waals surface area contributed by atoms with Crippen molar-refractivity contribution in [1.29, 1.82) is 5.26 Å². The molecule has 3 aromatic heterocycles. The minimum Gasteiger partial charge on any atom is -0.389 e. The zero-order valence-electron chi connectivity index (χ0n) is 11.0. The number of anilines is 2. The summed E-state index contributed by atoms with van der Waals surface area (Å²) < 4.78 is 1.12. The maximum absolute atomic E-state index is 9.20. The molecule has 1 aliphatic rings. The molecule has 0 bridgehead atoms. The van der Waals surface area contributed by atoms with Crippen LogP contribution in [0.1, 0.15) is 16.0 Å². The predicted molar refractivity (Wildman–Crippen MR) is 85.6 cm³/mol. The van der Waals surface area contributed by atoms with Crippen LogP contribution in [0.15, 0.2) is 17.8 Å². The van der Waals surface area contributed by atoms with E-state index in [1.807, 2.05) is 11.4 Å². The van der Waals surface area contributed by atoms with E-state index in [9.17, 15) is 5.26 Å². The summed E-state index contributed by atoms with van der Waals surface area (Å²) in [6.45, 7) is 1.61. The molecule has 0 saturated carbocycles. The third-order valence-electron chi connectivity index (χ3n) is 3.72. The van der Waals surface area contributed by atoms with Gasteiger partial charge in [0, 0.05) is 11.4 Å². The van der Waals surface area contributed by atoms with Gasteiger partial charge in [-0.05, 0) is 23.4 Å². The van der Waals surface area contributed by atoms with Gasteiger partial charge in [-0.1, -0.05) is 0 Å². The van der Waals surface area contributed by atoms with Crippen LogP contribution in [-0.4, -0.2) is 16.5 Å². The van der Waals surface area contributed by atoms with E-state index in [0.717, 1.165) is 41.1 Å². The molecule has 2 N–H and O–H groups in total. The highest BCUT2D eigenvalue weighted by Gasteiger charge is 2.25. The second-order valence-electron chi connectivity index (χ2n) is 4.86. The molecule has 0 saturated heterocycles. The van der Waals surface area contributed by atoms with Crippen LogP contribution in [0.25, 0.3) is 10.2 Å². The molecule has 21 heavy (non-hydrogen) atoms. The molecule has 7 heteroatoms. The van der Waals surface area contributed by atoms with Gasteiger partial charge in [-0.2, -0.15) is 5.26 Å². The second kappa shape index (κ2) is 4.69. The lowest BCUT2D eigenvalue weighted by molar-refractivity contribution is 0.735. The zero-order valence-corrected chi connectivity index (χ0v) is 12.7. The van der Waals surface area contributed by atoms with Gasteiger partial charge in [-0.15, -0.1) is 22.7 Å². The Bertz CT molecular complexity index is 873. The number of hydrogen-bond acceptors (Lipinski definition) is 7. The number of rotatable bonds is 1. The molecule has 0 aliphatic carbocycles. The summed E-state index contributed by atoms with van der Waals surface area (Å²) in [5.74, 6) is 0.978. The van der Waals surface area contributed by atoms with E-state index in [-0.39, 0.29) is 0 Å². The van der Waals surface area contributed by atoms with Crippen molar-refractivity contribution in [3.8, 4) is 6.07 Å². The number of fused-ring (bicyclic) bond motifs is 2. The first kappa shape index (κ1) is 12.6. The summed E-state index contributed by atoms with van der Waals surface area (Å²) in [4.78, 5) is 12.2. The molecule has 104 valence electrons. The summed E-state index contributed by atoms with van der Waals surface area (Å²) in [6, 6.07) is 4.24. The quantitative estimate of drug-likeness (QED) is 0.747. The first-order valence-corrected chi connectivity index (χ1v) is 8.21. The third-order valence-corrected chi connectivity index (χ3v) is 5.67. The van der Waals surface area contributed by atoms with Crippen LogP contribution in [0.5, 0.6) is 0 Å². The fourth-order valence-electron chi connectivity index (χ4n) is 2.73. The Balaban J connectivity index is 1.76. The lowest BCUT2D eigenvalue weighted by Gasteiger charge is -2.28. The largest absolute Gasteiger partial charge is 0.389 e. The number of aromatic nitrogens is 2. The van der Waals surface area contributed by atoms with E-state index in [4.69, 9.17) is 5.73 Å². The molecule has 0 fully saturated rings. The van der Waals surface area contributed by atoms with Crippen LogP contribution in [0, 0.1) is 11.3 Å². The number of nitrogens with two attached hydrogens (primary N) is 1. The van der Waals surface area contributed by atoms with Gasteiger partial charge in [-0.3, -0.25) is 0 Å². The number of nitrogens with zero attached hydrogens (tertiary/aromatic N) is 4. The number of nitrogen functional groups attached to an aromatic ring is 1. The Kier molecular flexibility index (Phi) is 2.80. The average Bonchev–Trinajstić information content (AvgIpc) is 3.08. The van der Waals surface area contributed by atoms with Crippen molar-refractivity contribution in [3.05, 3.63) is 33.8 Å². The fraction of sp³-hybridized carbons (Fsp3) is 0.214. The molecule has 1 aliphatic heterocycles. The normalized spacial score (nSPS) is 14.1. The summed E-state index contributed by atoms with van der Waals surface area (Å²) in [5.41, 5.74) is 8.71. The highest BCUT2D eigenvalue weighted by molar-refractivity contribution is 7.17. The van der Waals surface area contributed by atoms with E-state index >= 15 is 0 Å². The van der Waals surface area contributed by atoms with Crippen LogP contribution < -0.4 is 10.6 Å². The van der Waals surface area contributed by atoms with Gasteiger partial charge in [0.15, 0.2) is 0 Å². The minimum absolute atomic E-state index is 0.633. The maximum atomic E-state index is 9.20. The predicted octanol–water partition coefficient (Wildman–Crippen LogP) is 2.77. The Labute approximate surface area is 129 Å². The lowest BCUT2D eigenvalue weighted by Crippen LogP contribution is -2.30. The molecule has 0 amide bonds. The van der Waals surface area contributed by atoms with Crippen LogP contribution in [-0.2, 0) is 13.0 Å². The fourth-order valence-corrected chi connectivity index (χ4v) is 4.68. The zero-order chi connectivity index (χ0) is 14.4. The molecule has 0 radical (unpaired) electrons. The molecule has 0 atom stereocenters. The maximum Gasteiger partial charge on any atom is 0.150 e. The summed E-state index contributed by atoms with van der Waals surface area (Å²) in [7, 11) is 0. The van der Waals surface area contributed by atoms with Crippen molar-refractivity contribution in [2.24, 2.45) is 0 Å². The first-order chi connectivity index (χ1) is 10.3. The molecular weight excluding hydrogens is 302 g/mol. The number of hydrogen-bond donors (Lipinski definition) is 1. The van der Waals surface area contributed by atoms with Crippen LogP contribution in [0.2, 0.25) is 0 Å². The van der Waals surface area contributed by atoms with Gasteiger partial charge < -0.3 is 10.6 Å². The van der Waals surface area contributed by atoms with Crippen molar-refractivity contribution in [1.82, 2.24) is 9.97 Å². The lowest BCUT2D eigenvalue weighted by atomic mass is 10.0. The van der Waals surface area contributed by atoms with E-state index < -0.39 is 0 Å². The summed E-state index contributed by atoms with van der Waals surface area (Å²) in [5, 5.41) is 11.9. The van der Waals surface area contributed by atoms with E-state index in [1.54, 1.807) is 17.7 Å². The molecule has 0 spiro atoms. The molecule has 5 nitrogen and oxygen atoms in total. The van der Waals surface area contributed by atoms with Crippen molar-refractivity contribution < 1.29 is 0 Å². The topological polar surface area (TPSA) is 78.8 Å².